The number of aromatic nitrogens is 2. The minimum atomic E-state index is -3.47. The fourth-order valence-corrected chi connectivity index (χ4v) is 6.04. The quantitative estimate of drug-likeness (QED) is 0.661. The van der Waals surface area contributed by atoms with Crippen molar-refractivity contribution in [1.29, 1.82) is 0 Å². The van der Waals surface area contributed by atoms with Crippen LogP contribution in [0.15, 0.2) is 35.2 Å². The second-order valence-corrected chi connectivity index (χ2v) is 10.7. The number of carbonyl (C=O) groups excluding carboxylic acids is 1. The Morgan fingerprint density at radius 2 is 1.56 bits per heavy atom. The predicted octanol–water partition coefficient (Wildman–Crippen LogP) is 2.13. The molecule has 0 aliphatic carbocycles. The largest absolute Gasteiger partial charge is 0.336 e. The van der Waals surface area contributed by atoms with Crippen LogP contribution in [0.5, 0.6) is 0 Å². The Morgan fingerprint density at radius 3 is 2.16 bits per heavy atom. The first-order chi connectivity index (χ1) is 15.3. The molecule has 9 heteroatoms. The van der Waals surface area contributed by atoms with E-state index in [0.29, 0.717) is 31.7 Å². The lowest BCUT2D eigenvalue weighted by Crippen LogP contribution is -2.49. The normalized spacial score (nSPS) is 18.8. The van der Waals surface area contributed by atoms with Crippen LogP contribution in [0.25, 0.3) is 0 Å². The van der Waals surface area contributed by atoms with E-state index in [1.165, 1.54) is 5.69 Å². The lowest BCUT2D eigenvalue weighted by atomic mass is 10.2. The van der Waals surface area contributed by atoms with Gasteiger partial charge in [-0.2, -0.15) is 9.40 Å². The molecule has 174 valence electrons. The third kappa shape index (κ3) is 5.05. The van der Waals surface area contributed by atoms with E-state index in [1.807, 2.05) is 16.5 Å². The number of piperidine rings is 1. The molecule has 3 heterocycles. The zero-order valence-electron chi connectivity index (χ0n) is 19.0. The highest BCUT2D eigenvalue weighted by atomic mass is 32.2. The monoisotopic (exact) mass is 459 g/mol. The number of carbonyl (C=O) groups is 1. The molecule has 0 N–H and O–H groups in total. The number of hydrogen-bond donors (Lipinski definition) is 0. The van der Waals surface area contributed by atoms with Crippen molar-refractivity contribution >= 4 is 15.9 Å². The molecule has 0 saturated carbocycles. The number of rotatable bonds is 6. The lowest BCUT2D eigenvalue weighted by molar-refractivity contribution is 0.0631. The Hall–Kier alpha value is -2.23. The fourth-order valence-electron chi connectivity index (χ4n) is 4.52. The average Bonchev–Trinajstić information content (AvgIpc) is 3.15. The molecule has 1 aromatic heterocycles. The van der Waals surface area contributed by atoms with Crippen molar-refractivity contribution in [3.05, 3.63) is 47.3 Å². The molecular formula is C23H33N5O3S. The van der Waals surface area contributed by atoms with Crippen molar-refractivity contribution in [3.8, 4) is 0 Å². The van der Waals surface area contributed by atoms with Gasteiger partial charge in [-0.15, -0.1) is 0 Å². The van der Waals surface area contributed by atoms with Crippen LogP contribution in [0, 0.1) is 13.8 Å². The van der Waals surface area contributed by atoms with E-state index in [2.05, 4.69) is 23.0 Å². The van der Waals surface area contributed by atoms with Crippen molar-refractivity contribution in [1.82, 2.24) is 23.9 Å². The molecule has 1 amide bonds. The minimum Gasteiger partial charge on any atom is -0.336 e. The van der Waals surface area contributed by atoms with E-state index in [1.54, 1.807) is 28.6 Å². The highest BCUT2D eigenvalue weighted by Gasteiger charge is 2.27. The van der Waals surface area contributed by atoms with Crippen LogP contribution in [0.4, 0.5) is 0 Å². The molecule has 0 unspecified atom stereocenters. The van der Waals surface area contributed by atoms with E-state index >= 15 is 0 Å². The molecule has 0 radical (unpaired) electrons. The van der Waals surface area contributed by atoms with Crippen LogP contribution in [-0.4, -0.2) is 84.0 Å². The van der Waals surface area contributed by atoms with Gasteiger partial charge in [0.2, 0.25) is 10.0 Å². The molecule has 8 nitrogen and oxygen atoms in total. The maximum atomic E-state index is 12.9. The van der Waals surface area contributed by atoms with E-state index in [-0.39, 0.29) is 10.8 Å². The summed E-state index contributed by atoms with van der Waals surface area (Å²) in [6.07, 6.45) is 2.89. The van der Waals surface area contributed by atoms with Crippen LogP contribution >= 0.6 is 0 Å². The van der Waals surface area contributed by atoms with Crippen LogP contribution < -0.4 is 0 Å². The van der Waals surface area contributed by atoms with Gasteiger partial charge in [-0.25, -0.2) is 8.42 Å². The van der Waals surface area contributed by atoms with Crippen molar-refractivity contribution in [2.75, 3.05) is 45.8 Å². The van der Waals surface area contributed by atoms with Gasteiger partial charge in [-0.1, -0.05) is 6.42 Å². The van der Waals surface area contributed by atoms with Gasteiger partial charge in [-0.05, 0) is 57.0 Å². The smallest absolute Gasteiger partial charge is 0.253 e. The number of amides is 1. The number of nitrogens with zero attached hydrogens (tertiary/aromatic N) is 5. The van der Waals surface area contributed by atoms with Gasteiger partial charge in [0.15, 0.2) is 0 Å². The summed E-state index contributed by atoms with van der Waals surface area (Å²) in [4.78, 5) is 17.4. The summed E-state index contributed by atoms with van der Waals surface area (Å²) in [5.41, 5.74) is 2.74. The second-order valence-electron chi connectivity index (χ2n) is 8.77. The third-order valence-corrected chi connectivity index (χ3v) is 8.36. The highest BCUT2D eigenvalue weighted by molar-refractivity contribution is 7.89. The third-order valence-electron chi connectivity index (χ3n) is 6.44. The average molecular weight is 460 g/mol. The number of hydrogen-bond acceptors (Lipinski definition) is 5. The molecular weight excluding hydrogens is 426 g/mol. The van der Waals surface area contributed by atoms with E-state index < -0.39 is 10.0 Å². The highest BCUT2D eigenvalue weighted by Crippen LogP contribution is 2.21. The van der Waals surface area contributed by atoms with E-state index in [4.69, 9.17) is 0 Å². The molecule has 2 fully saturated rings. The van der Waals surface area contributed by atoms with Gasteiger partial charge < -0.3 is 4.90 Å². The molecule has 0 spiro atoms. The number of benzene rings is 1. The van der Waals surface area contributed by atoms with Crippen molar-refractivity contribution in [2.45, 2.75) is 44.6 Å². The summed E-state index contributed by atoms with van der Waals surface area (Å²) >= 11 is 0. The van der Waals surface area contributed by atoms with Gasteiger partial charge >= 0.3 is 0 Å². The van der Waals surface area contributed by atoms with Crippen molar-refractivity contribution in [2.24, 2.45) is 0 Å². The van der Waals surface area contributed by atoms with Crippen LogP contribution in [-0.2, 0) is 16.6 Å². The van der Waals surface area contributed by atoms with Crippen LogP contribution in [0.1, 0.15) is 41.0 Å². The van der Waals surface area contributed by atoms with Crippen LogP contribution in [0.3, 0.4) is 0 Å². The summed E-state index contributed by atoms with van der Waals surface area (Å²) in [5, 5.41) is 4.51. The molecule has 2 aliphatic rings. The van der Waals surface area contributed by atoms with Crippen molar-refractivity contribution < 1.29 is 13.2 Å². The first-order valence-electron chi connectivity index (χ1n) is 11.5. The summed E-state index contributed by atoms with van der Waals surface area (Å²) in [5.74, 6) is -0.0369. The SMILES string of the molecule is Cc1cc(C)n(CCN2CCN(C(=O)c3ccc(S(=O)(=O)N4CCCCC4)cc3)CC2)n1. The summed E-state index contributed by atoms with van der Waals surface area (Å²) in [6.45, 7) is 9.98. The summed E-state index contributed by atoms with van der Waals surface area (Å²) in [7, 11) is -3.47. The van der Waals surface area contributed by atoms with Gasteiger partial charge in [0.05, 0.1) is 17.1 Å². The van der Waals surface area contributed by atoms with Gasteiger partial charge in [0, 0.05) is 57.1 Å². The Labute approximate surface area is 190 Å². The molecule has 2 aliphatic heterocycles. The molecule has 32 heavy (non-hydrogen) atoms. The molecule has 0 bridgehead atoms. The topological polar surface area (TPSA) is 78.8 Å². The fraction of sp³-hybridized carbons (Fsp3) is 0.565. The second kappa shape index (κ2) is 9.72. The van der Waals surface area contributed by atoms with E-state index in [0.717, 1.165) is 51.1 Å². The molecule has 4 rings (SSSR count). The zero-order chi connectivity index (χ0) is 22.7. The van der Waals surface area contributed by atoms with Gasteiger partial charge in [0.1, 0.15) is 0 Å². The zero-order valence-corrected chi connectivity index (χ0v) is 19.9. The number of piperazine rings is 1. The summed E-state index contributed by atoms with van der Waals surface area (Å²) in [6, 6.07) is 8.52. The first-order valence-corrected chi connectivity index (χ1v) is 12.9. The molecule has 2 aromatic rings. The van der Waals surface area contributed by atoms with Gasteiger partial charge in [0.25, 0.3) is 5.91 Å². The Bertz CT molecular complexity index is 1030. The summed E-state index contributed by atoms with van der Waals surface area (Å²) < 4.78 is 29.2. The number of aryl methyl sites for hydroxylation is 2. The van der Waals surface area contributed by atoms with Crippen LogP contribution in [0.2, 0.25) is 0 Å². The molecule has 2 saturated heterocycles. The Balaban J connectivity index is 1.30. The van der Waals surface area contributed by atoms with Crippen molar-refractivity contribution in [3.63, 3.8) is 0 Å². The first kappa shape index (κ1) is 22.9. The maximum Gasteiger partial charge on any atom is 0.253 e. The standard InChI is InChI=1S/C23H33N5O3S/c1-19-18-20(2)28(24-19)17-14-25-12-15-26(16-13-25)23(29)21-6-8-22(9-7-21)32(30,31)27-10-4-3-5-11-27/h6-9,18H,3-5,10-17H2,1-2H3. The maximum absolute atomic E-state index is 12.9. The lowest BCUT2D eigenvalue weighted by Gasteiger charge is -2.34. The molecule has 0 atom stereocenters. The Kier molecular flexibility index (Phi) is 6.97. The number of sulfonamides is 1. The predicted molar refractivity (Wildman–Crippen MR) is 123 cm³/mol. The minimum absolute atomic E-state index is 0.0369. The van der Waals surface area contributed by atoms with E-state index in [9.17, 15) is 13.2 Å². The Morgan fingerprint density at radius 1 is 0.906 bits per heavy atom. The molecule has 1 aromatic carbocycles. The van der Waals surface area contributed by atoms with Gasteiger partial charge in [-0.3, -0.25) is 14.4 Å².